The molecule has 6 atom stereocenters. The lowest BCUT2D eigenvalue weighted by Gasteiger charge is -2.43. The molecule has 11 N–H and O–H groups in total. The van der Waals surface area contributed by atoms with Crippen molar-refractivity contribution in [2.75, 3.05) is 6.61 Å². The Labute approximate surface area is 351 Å². The molecule has 21 nitrogen and oxygen atoms in total. The van der Waals surface area contributed by atoms with Crippen molar-refractivity contribution < 1.29 is 104 Å². The first-order chi connectivity index (χ1) is 29.9. The number of fused-ring (bicyclic) bond motifs is 5. The maximum absolute atomic E-state index is 14.2. The largest absolute Gasteiger partial charge is 0.507 e. The highest BCUT2D eigenvalue weighted by atomic mass is 16.7. The molecule has 8 rings (SSSR count). The van der Waals surface area contributed by atoms with Crippen molar-refractivity contribution >= 4 is 23.7 Å². The molecule has 3 aliphatic heterocycles. The Balaban J connectivity index is 1.22. The molecular weight excluding hydrogens is 840 g/mol. The number of cyclic esters (lactones) is 1. The number of esters is 3. The molecule has 0 spiro atoms. The fourth-order valence-corrected chi connectivity index (χ4v) is 7.33. The molecule has 1 fully saturated rings. The van der Waals surface area contributed by atoms with Gasteiger partial charge < -0.3 is 84.6 Å². The average Bonchev–Trinajstić information content (AvgIpc) is 3.26. The molecule has 326 valence electrons. The first-order valence-electron chi connectivity index (χ1n) is 18.5. The summed E-state index contributed by atoms with van der Waals surface area (Å²) in [6.07, 6.45) is -11.3. The standard InChI is InChI=1S/C42H32O21/c43-19-8-16(9-26-30(19)20(44)12-25(60-26)14-4-2-1-3-5-14)59-42-36(54)38(63-39(55)15-6-21(45)31(49)22(46)7-15)37-27(61-42)13-58-40(56)17-10-23(47)32(50)34(52)28(17)29-18(41(57)62-37)11-24(48)33(51)35(29)53/h1-11,25,27,36-38,42-43,45-54H,12-13H2/t25-,27-,36+,37-,38-,42-/m1/s1. The monoisotopic (exact) mass is 872 g/mol. The van der Waals surface area contributed by atoms with Gasteiger partial charge in [-0.3, -0.25) is 4.79 Å². The lowest BCUT2D eigenvalue weighted by atomic mass is 9.92. The summed E-state index contributed by atoms with van der Waals surface area (Å²) in [6.45, 7) is -1.02. The third-order valence-electron chi connectivity index (χ3n) is 10.4. The number of carbonyl (C=O) groups is 4. The predicted molar refractivity (Wildman–Crippen MR) is 204 cm³/mol. The molecule has 0 bridgehead atoms. The van der Waals surface area contributed by atoms with E-state index >= 15 is 0 Å². The second-order valence-corrected chi connectivity index (χ2v) is 14.3. The van der Waals surface area contributed by atoms with E-state index in [1.807, 2.05) is 0 Å². The SMILES string of the molecule is O=C(O[C@@H]1[C@H](O)[C@H](Oc2cc(O)c3c(c2)O[C@@H](c2ccccc2)CC3=O)O[C@@H]2COC(=O)c3cc(O)c(O)c(O)c3-c3c(cc(O)c(O)c3O)C(=O)O[C@@H]12)c1cc(O)c(O)c(O)c1. The summed E-state index contributed by atoms with van der Waals surface area (Å²) in [5, 5.41) is 117. The van der Waals surface area contributed by atoms with E-state index in [0.717, 1.165) is 6.07 Å². The summed E-state index contributed by atoms with van der Waals surface area (Å²) in [7, 11) is 0. The Bertz CT molecular complexity index is 2710. The summed E-state index contributed by atoms with van der Waals surface area (Å²) in [4.78, 5) is 54.8. The van der Waals surface area contributed by atoms with Gasteiger partial charge in [-0.1, -0.05) is 30.3 Å². The van der Waals surface area contributed by atoms with Crippen molar-refractivity contribution in [3.05, 3.63) is 94.5 Å². The van der Waals surface area contributed by atoms with Gasteiger partial charge in [0.1, 0.15) is 41.6 Å². The molecule has 0 radical (unpaired) electrons. The fraction of sp³-hybridized carbons (Fsp3) is 0.190. The van der Waals surface area contributed by atoms with Gasteiger partial charge in [0.05, 0.1) is 23.1 Å². The first-order valence-corrected chi connectivity index (χ1v) is 18.5. The number of phenols is 10. The van der Waals surface area contributed by atoms with Crippen molar-refractivity contribution in [2.24, 2.45) is 0 Å². The lowest BCUT2D eigenvalue weighted by molar-refractivity contribution is -0.276. The highest BCUT2D eigenvalue weighted by Gasteiger charge is 2.52. The minimum atomic E-state index is -2.25. The molecule has 0 aromatic heterocycles. The number of hydrogen-bond acceptors (Lipinski definition) is 21. The highest BCUT2D eigenvalue weighted by molar-refractivity contribution is 6.08. The first kappa shape index (κ1) is 41.4. The molecule has 0 saturated carbocycles. The van der Waals surface area contributed by atoms with E-state index in [1.165, 1.54) is 6.07 Å². The van der Waals surface area contributed by atoms with Crippen LogP contribution in [0.4, 0.5) is 0 Å². The number of ketones is 1. The quantitative estimate of drug-likeness (QED) is 0.0686. The van der Waals surface area contributed by atoms with E-state index in [1.54, 1.807) is 30.3 Å². The Morgan fingerprint density at radius 2 is 1.22 bits per heavy atom. The zero-order chi connectivity index (χ0) is 45.2. The Hall–Kier alpha value is -8.30. The summed E-state index contributed by atoms with van der Waals surface area (Å²) < 4.78 is 34.6. The smallest absolute Gasteiger partial charge is 0.339 e. The molecule has 1 saturated heterocycles. The van der Waals surface area contributed by atoms with Gasteiger partial charge in [-0.15, -0.1) is 0 Å². The summed E-state index contributed by atoms with van der Waals surface area (Å²) >= 11 is 0. The number of aromatic hydroxyl groups is 10. The second-order valence-electron chi connectivity index (χ2n) is 14.3. The van der Waals surface area contributed by atoms with Crippen molar-refractivity contribution in [2.45, 2.75) is 43.2 Å². The van der Waals surface area contributed by atoms with Crippen molar-refractivity contribution in [3.63, 3.8) is 0 Å². The van der Waals surface area contributed by atoms with Crippen LogP contribution in [0, 0.1) is 0 Å². The van der Waals surface area contributed by atoms with Crippen LogP contribution in [0.2, 0.25) is 0 Å². The molecule has 5 aromatic carbocycles. The molecule has 3 aliphatic rings. The maximum atomic E-state index is 14.2. The van der Waals surface area contributed by atoms with Crippen LogP contribution in [0.1, 0.15) is 59.5 Å². The minimum Gasteiger partial charge on any atom is -0.507 e. The number of carbonyl (C=O) groups excluding carboxylic acids is 4. The van der Waals surface area contributed by atoms with E-state index in [-0.39, 0.29) is 23.5 Å². The minimum absolute atomic E-state index is 0.130. The third kappa shape index (κ3) is 7.25. The zero-order valence-electron chi connectivity index (χ0n) is 31.7. The van der Waals surface area contributed by atoms with Gasteiger partial charge in [-0.2, -0.15) is 0 Å². The van der Waals surface area contributed by atoms with Gasteiger partial charge in [0.15, 0.2) is 64.3 Å². The number of Topliss-reactive ketones (excluding diaryl/α,β-unsaturated/α-hetero) is 1. The van der Waals surface area contributed by atoms with Crippen LogP contribution < -0.4 is 9.47 Å². The number of phenolic OH excluding ortho intramolecular Hbond substituents is 10. The van der Waals surface area contributed by atoms with Gasteiger partial charge in [-0.25, -0.2) is 14.4 Å². The summed E-state index contributed by atoms with van der Waals surface area (Å²) in [6, 6.07) is 13.2. The van der Waals surface area contributed by atoms with E-state index < -0.39 is 152 Å². The van der Waals surface area contributed by atoms with Crippen LogP contribution in [0.15, 0.2) is 66.7 Å². The van der Waals surface area contributed by atoms with E-state index in [4.69, 9.17) is 28.4 Å². The van der Waals surface area contributed by atoms with Crippen LogP contribution in [0.5, 0.6) is 69.0 Å². The van der Waals surface area contributed by atoms with Gasteiger partial charge >= 0.3 is 17.9 Å². The molecule has 5 aromatic rings. The molecule has 0 aliphatic carbocycles. The fourth-order valence-electron chi connectivity index (χ4n) is 7.33. The lowest BCUT2D eigenvalue weighted by Crippen LogP contribution is -2.62. The van der Waals surface area contributed by atoms with Crippen LogP contribution in [0.25, 0.3) is 11.1 Å². The number of aliphatic hydroxyl groups is 1. The molecule has 3 heterocycles. The number of ether oxygens (including phenoxy) is 6. The second kappa shape index (κ2) is 15.6. The van der Waals surface area contributed by atoms with Crippen LogP contribution in [-0.2, 0) is 18.9 Å². The molecule has 21 heteroatoms. The Kier molecular flexibility index (Phi) is 10.3. The predicted octanol–water partition coefficient (Wildman–Crippen LogP) is 3.20. The van der Waals surface area contributed by atoms with Crippen LogP contribution in [0.3, 0.4) is 0 Å². The highest BCUT2D eigenvalue weighted by Crippen LogP contribution is 2.53. The number of benzene rings is 5. The van der Waals surface area contributed by atoms with Gasteiger partial charge in [0.2, 0.25) is 17.8 Å². The van der Waals surface area contributed by atoms with Gasteiger partial charge in [0.25, 0.3) is 0 Å². The molecule has 0 amide bonds. The zero-order valence-corrected chi connectivity index (χ0v) is 31.7. The van der Waals surface area contributed by atoms with Gasteiger partial charge in [-0.05, 0) is 29.8 Å². The molecule has 63 heavy (non-hydrogen) atoms. The van der Waals surface area contributed by atoms with Crippen LogP contribution >= 0.6 is 0 Å². The van der Waals surface area contributed by atoms with Crippen molar-refractivity contribution in [1.29, 1.82) is 0 Å². The number of aliphatic hydroxyl groups excluding tert-OH is 1. The van der Waals surface area contributed by atoms with E-state index in [2.05, 4.69) is 0 Å². The van der Waals surface area contributed by atoms with Crippen molar-refractivity contribution in [1.82, 2.24) is 0 Å². The Morgan fingerprint density at radius 1 is 0.635 bits per heavy atom. The van der Waals surface area contributed by atoms with Crippen molar-refractivity contribution in [3.8, 4) is 80.1 Å². The van der Waals surface area contributed by atoms with Crippen LogP contribution in [-0.4, -0.2) is 117 Å². The normalized spacial score (nSPS) is 21.8. The molecule has 0 unspecified atom stereocenters. The Morgan fingerprint density at radius 3 is 1.84 bits per heavy atom. The average molecular weight is 873 g/mol. The van der Waals surface area contributed by atoms with Gasteiger partial charge in [0, 0.05) is 23.3 Å². The maximum Gasteiger partial charge on any atom is 0.339 e. The van der Waals surface area contributed by atoms with E-state index in [0.29, 0.717) is 29.8 Å². The number of rotatable bonds is 5. The topological polar surface area (TPSA) is 346 Å². The third-order valence-corrected chi connectivity index (χ3v) is 10.4. The summed E-state index contributed by atoms with van der Waals surface area (Å²) in [5.74, 6) is -16.5. The van der Waals surface area contributed by atoms with E-state index in [9.17, 15) is 75.3 Å². The summed E-state index contributed by atoms with van der Waals surface area (Å²) in [5.41, 5.74) is -3.87. The molecular formula is C42H32O21. The number of hydrogen-bond donors (Lipinski definition) is 11.